The number of carbonyl (C=O) groups is 1. The van der Waals surface area contributed by atoms with Crippen LogP contribution in [0.3, 0.4) is 0 Å². The minimum absolute atomic E-state index is 0.00184. The molecular formula is C21H23ClFN5OS. The predicted octanol–water partition coefficient (Wildman–Crippen LogP) is 4.72. The van der Waals surface area contributed by atoms with E-state index >= 15 is 0 Å². The Morgan fingerprint density at radius 1 is 1.23 bits per heavy atom. The highest BCUT2D eigenvalue weighted by molar-refractivity contribution is 7.99. The molecule has 0 aliphatic rings. The number of rotatable bonds is 7. The minimum atomic E-state index is -0.459. The van der Waals surface area contributed by atoms with Crippen molar-refractivity contribution in [1.29, 1.82) is 0 Å². The van der Waals surface area contributed by atoms with E-state index in [2.05, 4.69) is 15.5 Å². The molecule has 1 heterocycles. The molecule has 3 aromatic rings. The van der Waals surface area contributed by atoms with Crippen LogP contribution in [-0.2, 0) is 4.79 Å². The third-order valence-electron chi connectivity index (χ3n) is 4.62. The Kier molecular flexibility index (Phi) is 7.12. The lowest BCUT2D eigenvalue weighted by atomic mass is 10.2. The molecule has 0 unspecified atom stereocenters. The molecule has 0 radical (unpaired) electrons. The molecule has 1 N–H and O–H groups in total. The smallest absolute Gasteiger partial charge is 0.234 e. The summed E-state index contributed by atoms with van der Waals surface area (Å²) in [4.78, 5) is 14.4. The number of nitrogens with zero attached hydrogens (tertiary/aromatic N) is 4. The van der Waals surface area contributed by atoms with Gasteiger partial charge in [-0.1, -0.05) is 29.4 Å². The first-order valence-electron chi connectivity index (χ1n) is 9.32. The summed E-state index contributed by atoms with van der Waals surface area (Å²) >= 11 is 7.27. The lowest BCUT2D eigenvalue weighted by Crippen LogP contribution is -2.21. The van der Waals surface area contributed by atoms with Gasteiger partial charge in [-0.2, -0.15) is 0 Å². The molecule has 9 heteroatoms. The number of benzene rings is 2. The maximum Gasteiger partial charge on any atom is 0.234 e. The van der Waals surface area contributed by atoms with E-state index < -0.39 is 5.82 Å². The van der Waals surface area contributed by atoms with Crippen LogP contribution in [0.2, 0.25) is 5.02 Å². The first-order valence-corrected chi connectivity index (χ1v) is 10.7. The van der Waals surface area contributed by atoms with Crippen LogP contribution in [-0.4, -0.2) is 45.4 Å². The van der Waals surface area contributed by atoms with Gasteiger partial charge >= 0.3 is 0 Å². The van der Waals surface area contributed by atoms with Crippen molar-refractivity contribution in [1.82, 2.24) is 19.7 Å². The molecule has 0 bridgehead atoms. The third-order valence-corrected chi connectivity index (χ3v) is 5.80. The zero-order chi connectivity index (χ0) is 21.8. The zero-order valence-corrected chi connectivity index (χ0v) is 18.8. The molecule has 0 saturated carbocycles. The molecule has 2 aromatic carbocycles. The summed E-state index contributed by atoms with van der Waals surface area (Å²) in [6.07, 6.45) is 0. The molecule has 6 nitrogen and oxygen atoms in total. The van der Waals surface area contributed by atoms with Gasteiger partial charge in [-0.25, -0.2) is 4.39 Å². The summed E-state index contributed by atoms with van der Waals surface area (Å²) < 4.78 is 15.9. The molecule has 0 saturated heterocycles. The molecule has 30 heavy (non-hydrogen) atoms. The van der Waals surface area contributed by atoms with Crippen LogP contribution in [0.1, 0.15) is 24.4 Å². The van der Waals surface area contributed by atoms with Crippen LogP contribution in [0.15, 0.2) is 47.6 Å². The number of anilines is 1. The Morgan fingerprint density at radius 2 is 1.93 bits per heavy atom. The van der Waals surface area contributed by atoms with Gasteiger partial charge in [-0.05, 0) is 69.9 Å². The van der Waals surface area contributed by atoms with E-state index in [9.17, 15) is 9.18 Å². The molecular weight excluding hydrogens is 425 g/mol. The lowest BCUT2D eigenvalue weighted by Gasteiger charge is -2.20. The number of carbonyl (C=O) groups excluding carboxylic acids is 1. The van der Waals surface area contributed by atoms with Crippen molar-refractivity contribution >= 4 is 35.0 Å². The SMILES string of the molecule is Cc1ccc(NC(=O)CSc2nnc([C@H](C)N(C)C)n2-c2ccc(Cl)cc2)c(F)c1. The highest BCUT2D eigenvalue weighted by Crippen LogP contribution is 2.27. The average molecular weight is 448 g/mol. The standard InChI is InChI=1S/C21H23ClFN5OS/c1-13-5-10-18(17(23)11-13)24-19(29)12-30-21-26-25-20(14(2)27(3)4)28(21)16-8-6-15(22)7-9-16/h5-11,14H,12H2,1-4H3,(H,24,29)/t14-/m0/s1. The van der Waals surface area contributed by atoms with E-state index in [1.807, 2.05) is 42.6 Å². The van der Waals surface area contributed by atoms with E-state index in [0.29, 0.717) is 10.2 Å². The van der Waals surface area contributed by atoms with Gasteiger partial charge in [0.25, 0.3) is 0 Å². The van der Waals surface area contributed by atoms with Crippen LogP contribution >= 0.6 is 23.4 Å². The fraction of sp³-hybridized carbons (Fsp3) is 0.286. The van der Waals surface area contributed by atoms with Crippen molar-refractivity contribution in [2.75, 3.05) is 25.2 Å². The Labute approximate surface area is 184 Å². The van der Waals surface area contributed by atoms with Crippen LogP contribution in [0, 0.1) is 12.7 Å². The van der Waals surface area contributed by atoms with Gasteiger partial charge in [0.15, 0.2) is 11.0 Å². The maximum absolute atomic E-state index is 14.0. The number of thioether (sulfide) groups is 1. The predicted molar refractivity (Wildman–Crippen MR) is 119 cm³/mol. The van der Waals surface area contributed by atoms with Crippen LogP contribution in [0.5, 0.6) is 0 Å². The summed E-state index contributed by atoms with van der Waals surface area (Å²) in [5.74, 6) is 0.0280. The maximum atomic E-state index is 14.0. The lowest BCUT2D eigenvalue weighted by molar-refractivity contribution is -0.113. The summed E-state index contributed by atoms with van der Waals surface area (Å²) in [7, 11) is 3.92. The Bertz CT molecular complexity index is 1040. The fourth-order valence-corrected chi connectivity index (χ4v) is 3.63. The van der Waals surface area contributed by atoms with Crippen LogP contribution in [0.4, 0.5) is 10.1 Å². The van der Waals surface area contributed by atoms with Crippen molar-refractivity contribution in [2.45, 2.75) is 25.0 Å². The van der Waals surface area contributed by atoms with Gasteiger partial charge in [0.05, 0.1) is 17.5 Å². The first-order chi connectivity index (χ1) is 14.3. The van der Waals surface area contributed by atoms with E-state index in [4.69, 9.17) is 11.6 Å². The van der Waals surface area contributed by atoms with Gasteiger partial charge < -0.3 is 5.32 Å². The number of hydrogen-bond acceptors (Lipinski definition) is 5. The molecule has 0 aliphatic carbocycles. The Balaban J connectivity index is 1.81. The second-order valence-electron chi connectivity index (χ2n) is 7.11. The van der Waals surface area contributed by atoms with Crippen molar-refractivity contribution in [3.8, 4) is 5.69 Å². The Morgan fingerprint density at radius 3 is 2.57 bits per heavy atom. The van der Waals surface area contributed by atoms with Crippen LogP contribution in [0.25, 0.3) is 5.69 Å². The largest absolute Gasteiger partial charge is 0.323 e. The van der Waals surface area contributed by atoms with Gasteiger partial charge in [-0.3, -0.25) is 14.3 Å². The average Bonchev–Trinajstić information content (AvgIpc) is 3.12. The van der Waals surface area contributed by atoms with E-state index in [1.165, 1.54) is 17.8 Å². The highest BCUT2D eigenvalue weighted by Gasteiger charge is 2.21. The van der Waals surface area contributed by atoms with Gasteiger partial charge in [0, 0.05) is 10.7 Å². The topological polar surface area (TPSA) is 63.1 Å². The van der Waals surface area contributed by atoms with Crippen molar-refractivity contribution in [2.24, 2.45) is 0 Å². The van der Waals surface area contributed by atoms with Gasteiger partial charge in [0.2, 0.25) is 5.91 Å². The molecule has 1 amide bonds. The molecule has 3 rings (SSSR count). The number of aromatic nitrogens is 3. The van der Waals surface area contributed by atoms with Crippen LogP contribution < -0.4 is 5.32 Å². The summed E-state index contributed by atoms with van der Waals surface area (Å²) in [5, 5.41) is 12.4. The second kappa shape index (κ2) is 9.59. The molecule has 0 spiro atoms. The Hall–Kier alpha value is -2.42. The molecule has 0 aliphatic heterocycles. The number of amides is 1. The van der Waals surface area contributed by atoms with Crippen molar-refractivity contribution in [3.63, 3.8) is 0 Å². The minimum Gasteiger partial charge on any atom is -0.323 e. The second-order valence-corrected chi connectivity index (χ2v) is 8.49. The quantitative estimate of drug-likeness (QED) is 0.531. The zero-order valence-electron chi connectivity index (χ0n) is 17.2. The number of nitrogens with one attached hydrogen (secondary N) is 1. The summed E-state index contributed by atoms with van der Waals surface area (Å²) in [6, 6.07) is 12.0. The monoisotopic (exact) mass is 447 g/mol. The number of halogens is 2. The first kappa shape index (κ1) is 22.3. The molecule has 0 fully saturated rings. The number of hydrogen-bond donors (Lipinski definition) is 1. The van der Waals surface area contributed by atoms with Crippen molar-refractivity contribution in [3.05, 3.63) is 64.7 Å². The third kappa shape index (κ3) is 5.19. The van der Waals surface area contributed by atoms with E-state index in [1.54, 1.807) is 31.2 Å². The van der Waals surface area contributed by atoms with Gasteiger partial charge in [-0.15, -0.1) is 10.2 Å². The molecule has 1 aromatic heterocycles. The van der Waals surface area contributed by atoms with Gasteiger partial charge in [0.1, 0.15) is 5.82 Å². The molecule has 1 atom stereocenters. The van der Waals surface area contributed by atoms with E-state index in [0.717, 1.165) is 17.1 Å². The van der Waals surface area contributed by atoms with E-state index in [-0.39, 0.29) is 23.4 Å². The normalized spacial score (nSPS) is 12.2. The highest BCUT2D eigenvalue weighted by atomic mass is 35.5. The number of aryl methyl sites for hydroxylation is 1. The van der Waals surface area contributed by atoms with Crippen molar-refractivity contribution < 1.29 is 9.18 Å². The molecule has 158 valence electrons. The fourth-order valence-electron chi connectivity index (χ4n) is 2.75. The summed E-state index contributed by atoms with van der Waals surface area (Å²) in [5.41, 5.74) is 1.80. The summed E-state index contributed by atoms with van der Waals surface area (Å²) in [6.45, 7) is 3.82.